The number of piperazine rings is 1. The summed E-state index contributed by atoms with van der Waals surface area (Å²) in [6.07, 6.45) is 8.34. The van der Waals surface area contributed by atoms with E-state index in [0.717, 1.165) is 36.6 Å². The van der Waals surface area contributed by atoms with Crippen LogP contribution in [0.15, 0.2) is 73.3 Å². The molecule has 2 aliphatic heterocycles. The van der Waals surface area contributed by atoms with E-state index in [4.69, 9.17) is 0 Å². The third-order valence-electron chi connectivity index (χ3n) is 8.75. The quantitative estimate of drug-likeness (QED) is 0.405. The molecule has 6 rings (SSSR count). The first-order chi connectivity index (χ1) is 19.1. The van der Waals surface area contributed by atoms with Gasteiger partial charge in [-0.25, -0.2) is 0 Å². The van der Waals surface area contributed by atoms with E-state index in [1.54, 1.807) is 0 Å². The second kappa shape index (κ2) is 11.2. The number of carbonyl (C=O) groups excluding carboxylic acids is 2. The Hall–Kier alpha value is -3.64. The van der Waals surface area contributed by atoms with Gasteiger partial charge < -0.3 is 14.4 Å². The summed E-state index contributed by atoms with van der Waals surface area (Å²) in [6.45, 7) is 8.83. The molecule has 0 atom stereocenters. The number of amides is 2. The Morgan fingerprint density at radius 2 is 1.56 bits per heavy atom. The van der Waals surface area contributed by atoms with Crippen molar-refractivity contribution in [3.8, 4) is 0 Å². The molecule has 0 bridgehead atoms. The Morgan fingerprint density at radius 1 is 0.821 bits per heavy atom. The normalized spacial score (nSPS) is 18.3. The molecule has 1 aliphatic carbocycles. The average Bonchev–Trinajstić information content (AvgIpc) is 3.30. The Morgan fingerprint density at radius 3 is 2.31 bits per heavy atom. The number of fused-ring (bicyclic) bond motifs is 2. The summed E-state index contributed by atoms with van der Waals surface area (Å²) in [5.74, 6) is 0.680. The molecule has 39 heavy (non-hydrogen) atoms. The van der Waals surface area contributed by atoms with Crippen LogP contribution >= 0.6 is 0 Å². The third kappa shape index (κ3) is 5.18. The van der Waals surface area contributed by atoms with E-state index < -0.39 is 0 Å². The van der Waals surface area contributed by atoms with Gasteiger partial charge in [0, 0.05) is 49.7 Å². The number of hydrogen-bond acceptors (Lipinski definition) is 3. The molecular weight excluding hydrogens is 484 g/mol. The highest BCUT2D eigenvalue weighted by molar-refractivity contribution is 6.06. The molecule has 3 heterocycles. The van der Waals surface area contributed by atoms with Gasteiger partial charge in [0.15, 0.2) is 0 Å². The van der Waals surface area contributed by atoms with Crippen LogP contribution in [0.1, 0.15) is 75.7 Å². The summed E-state index contributed by atoms with van der Waals surface area (Å²) in [5.41, 5.74) is 5.70. The molecule has 6 nitrogen and oxygen atoms in total. The average molecular weight is 523 g/mol. The zero-order valence-electron chi connectivity index (χ0n) is 22.7. The molecule has 1 saturated heterocycles. The van der Waals surface area contributed by atoms with Gasteiger partial charge in [0.2, 0.25) is 0 Å². The number of hydrogen-bond donors (Lipinski definition) is 0. The van der Waals surface area contributed by atoms with E-state index in [0.29, 0.717) is 43.4 Å². The fourth-order valence-corrected chi connectivity index (χ4v) is 6.50. The van der Waals surface area contributed by atoms with Gasteiger partial charge in [-0.3, -0.25) is 14.5 Å². The lowest BCUT2D eigenvalue weighted by Gasteiger charge is -2.34. The lowest BCUT2D eigenvalue weighted by atomic mass is 9.84. The molecule has 2 aromatic carbocycles. The Kier molecular flexibility index (Phi) is 7.38. The molecule has 0 unspecified atom stereocenters. The molecular formula is C33H38N4O2. The van der Waals surface area contributed by atoms with Crippen LogP contribution in [0.4, 0.5) is 5.69 Å². The molecule has 1 aromatic heterocycles. The summed E-state index contributed by atoms with van der Waals surface area (Å²) >= 11 is 0. The maximum absolute atomic E-state index is 13.9. The van der Waals surface area contributed by atoms with Gasteiger partial charge >= 0.3 is 0 Å². The van der Waals surface area contributed by atoms with Gasteiger partial charge in [-0.15, -0.1) is 6.58 Å². The summed E-state index contributed by atoms with van der Waals surface area (Å²) < 4.78 is 2.11. The standard InChI is InChI=1S/C33H38N4O2/c1-2-18-34-19-21-35(22-20-34)33(39)31-17-16-29-24-37(30-11-7-6-10-28(30)23-36(29)31)32(38)27-14-12-26(13-15-27)25-8-4-3-5-9-25/h2,6-7,10-17,25H,1,3-5,8-9,18-24H2. The van der Waals surface area contributed by atoms with E-state index in [2.05, 4.69) is 34.2 Å². The Bertz CT molecular complexity index is 1340. The van der Waals surface area contributed by atoms with Crippen molar-refractivity contribution in [1.29, 1.82) is 0 Å². The summed E-state index contributed by atoms with van der Waals surface area (Å²) in [5, 5.41) is 0. The number of nitrogens with zero attached hydrogens (tertiary/aromatic N) is 4. The number of benzene rings is 2. The highest BCUT2D eigenvalue weighted by Crippen LogP contribution is 2.34. The van der Waals surface area contributed by atoms with Gasteiger partial charge in [-0.2, -0.15) is 0 Å². The Labute approximate surface area is 231 Å². The van der Waals surface area contributed by atoms with Crippen LogP contribution in [-0.2, 0) is 13.1 Å². The zero-order chi connectivity index (χ0) is 26.8. The molecule has 0 spiro atoms. The minimum atomic E-state index is -0.00138. The van der Waals surface area contributed by atoms with Crippen molar-refractivity contribution in [1.82, 2.24) is 14.4 Å². The second-order valence-corrected chi connectivity index (χ2v) is 11.2. The van der Waals surface area contributed by atoms with E-state index in [9.17, 15) is 9.59 Å². The van der Waals surface area contributed by atoms with Crippen LogP contribution in [0, 0.1) is 0 Å². The topological polar surface area (TPSA) is 48.8 Å². The maximum Gasteiger partial charge on any atom is 0.270 e. The molecule has 2 fully saturated rings. The smallest absolute Gasteiger partial charge is 0.270 e. The molecule has 0 radical (unpaired) electrons. The third-order valence-corrected chi connectivity index (χ3v) is 8.75. The first kappa shape index (κ1) is 25.6. The summed E-state index contributed by atoms with van der Waals surface area (Å²) in [6, 6.07) is 20.3. The monoisotopic (exact) mass is 522 g/mol. The number of aromatic nitrogens is 1. The van der Waals surface area contributed by atoms with Crippen LogP contribution in [0.5, 0.6) is 0 Å². The van der Waals surface area contributed by atoms with Crippen molar-refractivity contribution in [2.75, 3.05) is 37.6 Å². The summed E-state index contributed by atoms with van der Waals surface area (Å²) in [4.78, 5) is 33.7. The van der Waals surface area contributed by atoms with Gasteiger partial charge in [-0.1, -0.05) is 55.7 Å². The van der Waals surface area contributed by atoms with Crippen molar-refractivity contribution in [2.24, 2.45) is 0 Å². The van der Waals surface area contributed by atoms with E-state index in [1.165, 1.54) is 37.7 Å². The lowest BCUT2D eigenvalue weighted by Crippen LogP contribution is -2.49. The van der Waals surface area contributed by atoms with Crippen molar-refractivity contribution in [2.45, 2.75) is 51.1 Å². The second-order valence-electron chi connectivity index (χ2n) is 11.2. The van der Waals surface area contributed by atoms with Crippen LogP contribution in [-0.4, -0.2) is 58.9 Å². The van der Waals surface area contributed by atoms with E-state index in [1.807, 2.05) is 58.3 Å². The number of anilines is 1. The van der Waals surface area contributed by atoms with Crippen molar-refractivity contribution in [3.05, 3.63) is 101 Å². The molecule has 3 aromatic rings. The van der Waals surface area contributed by atoms with E-state index >= 15 is 0 Å². The first-order valence-electron chi connectivity index (χ1n) is 14.4. The number of rotatable bonds is 5. The minimum Gasteiger partial charge on any atom is -0.335 e. The SMILES string of the molecule is C=CCN1CCN(C(=O)c2ccc3n2Cc2ccccc2N(C(=O)c2ccc(C4CCCCC4)cc2)C3)CC1. The predicted octanol–water partition coefficient (Wildman–Crippen LogP) is 5.69. The van der Waals surface area contributed by atoms with Crippen LogP contribution in [0.3, 0.4) is 0 Å². The maximum atomic E-state index is 13.9. The molecule has 3 aliphatic rings. The minimum absolute atomic E-state index is 0.00138. The lowest BCUT2D eigenvalue weighted by molar-refractivity contribution is 0.0639. The van der Waals surface area contributed by atoms with Crippen LogP contribution in [0.2, 0.25) is 0 Å². The fourth-order valence-electron chi connectivity index (χ4n) is 6.50. The highest BCUT2D eigenvalue weighted by Gasteiger charge is 2.30. The van der Waals surface area contributed by atoms with Crippen LogP contribution in [0.25, 0.3) is 0 Å². The van der Waals surface area contributed by atoms with Gasteiger partial charge in [0.05, 0.1) is 13.1 Å². The highest BCUT2D eigenvalue weighted by atomic mass is 16.2. The molecule has 202 valence electrons. The number of carbonyl (C=O) groups is 2. The predicted molar refractivity (Wildman–Crippen MR) is 155 cm³/mol. The van der Waals surface area contributed by atoms with Crippen molar-refractivity contribution < 1.29 is 9.59 Å². The molecule has 6 heteroatoms. The molecule has 2 amide bonds. The zero-order valence-corrected chi connectivity index (χ0v) is 22.7. The fraction of sp³-hybridized carbons (Fsp3) is 0.394. The van der Waals surface area contributed by atoms with Crippen LogP contribution < -0.4 is 4.90 Å². The van der Waals surface area contributed by atoms with Crippen molar-refractivity contribution in [3.63, 3.8) is 0 Å². The van der Waals surface area contributed by atoms with Gasteiger partial charge in [0.1, 0.15) is 5.69 Å². The van der Waals surface area contributed by atoms with E-state index in [-0.39, 0.29) is 11.8 Å². The molecule has 0 N–H and O–H groups in total. The Balaban J connectivity index is 1.25. The summed E-state index contributed by atoms with van der Waals surface area (Å²) in [7, 11) is 0. The van der Waals surface area contributed by atoms with Gasteiger partial charge in [-0.05, 0) is 60.2 Å². The largest absolute Gasteiger partial charge is 0.335 e. The number of para-hydroxylation sites is 1. The van der Waals surface area contributed by atoms with Crippen molar-refractivity contribution >= 4 is 17.5 Å². The first-order valence-corrected chi connectivity index (χ1v) is 14.4. The van der Waals surface area contributed by atoms with Gasteiger partial charge in [0.25, 0.3) is 11.8 Å². The molecule has 1 saturated carbocycles.